The molecule has 5 heteroatoms. The SMILES string of the molecule is Cc1cc(/C=C/CCC(=O)O)cc(C(C)(C)C(=O)N[C@H]2C=C3C4C[C@H]2C[C@]3(O)C4)c1. The summed E-state index contributed by atoms with van der Waals surface area (Å²) in [6.07, 6.45) is 9.18. The Morgan fingerprint density at radius 3 is 2.67 bits per heavy atom. The molecular formula is C25H31NO4. The Kier molecular flexibility index (Phi) is 5.13. The molecule has 1 aromatic rings. The van der Waals surface area contributed by atoms with Crippen molar-refractivity contribution >= 4 is 18.0 Å². The monoisotopic (exact) mass is 409 g/mol. The summed E-state index contributed by atoms with van der Waals surface area (Å²) in [4.78, 5) is 23.9. The number of aliphatic hydroxyl groups is 1. The Morgan fingerprint density at radius 1 is 1.27 bits per heavy atom. The lowest BCUT2D eigenvalue weighted by Gasteiger charge is -2.59. The topological polar surface area (TPSA) is 86.6 Å². The number of aliphatic carboxylic acids is 1. The van der Waals surface area contributed by atoms with E-state index in [1.54, 1.807) is 0 Å². The Labute approximate surface area is 177 Å². The van der Waals surface area contributed by atoms with Crippen molar-refractivity contribution in [2.24, 2.45) is 11.8 Å². The van der Waals surface area contributed by atoms with Crippen LogP contribution in [0.5, 0.6) is 0 Å². The summed E-state index contributed by atoms with van der Waals surface area (Å²) in [6.45, 7) is 5.88. The lowest BCUT2D eigenvalue weighted by atomic mass is 9.50. The number of aryl methyl sites for hydroxylation is 1. The Bertz CT molecular complexity index is 944. The molecule has 0 radical (unpaired) electrons. The summed E-state index contributed by atoms with van der Waals surface area (Å²) in [7, 11) is 0. The van der Waals surface area contributed by atoms with Crippen molar-refractivity contribution < 1.29 is 19.8 Å². The Morgan fingerprint density at radius 2 is 2.03 bits per heavy atom. The van der Waals surface area contributed by atoms with E-state index in [2.05, 4.69) is 11.4 Å². The number of benzene rings is 1. The third kappa shape index (κ3) is 3.71. The van der Waals surface area contributed by atoms with Crippen molar-refractivity contribution in [1.29, 1.82) is 0 Å². The molecule has 160 valence electrons. The van der Waals surface area contributed by atoms with E-state index in [0.29, 0.717) is 18.3 Å². The molecule has 3 fully saturated rings. The fraction of sp³-hybridized carbons (Fsp3) is 0.520. The van der Waals surface area contributed by atoms with Crippen LogP contribution in [0.25, 0.3) is 6.08 Å². The third-order valence-corrected chi connectivity index (χ3v) is 7.14. The lowest BCUT2D eigenvalue weighted by Crippen LogP contribution is -2.62. The lowest BCUT2D eigenvalue weighted by molar-refractivity contribution is -0.136. The number of carbonyl (C=O) groups is 2. The maximum atomic E-state index is 13.3. The zero-order valence-electron chi connectivity index (χ0n) is 17.9. The van der Waals surface area contributed by atoms with Crippen LogP contribution in [0.4, 0.5) is 0 Å². The number of nitrogens with one attached hydrogen (secondary N) is 1. The van der Waals surface area contributed by atoms with Crippen LogP contribution in [0, 0.1) is 18.8 Å². The van der Waals surface area contributed by atoms with E-state index < -0.39 is 17.0 Å². The number of rotatable bonds is 7. The first kappa shape index (κ1) is 20.9. The fourth-order valence-corrected chi connectivity index (χ4v) is 5.39. The number of hydrogen-bond acceptors (Lipinski definition) is 3. The summed E-state index contributed by atoms with van der Waals surface area (Å²) in [5, 5.41) is 22.6. The van der Waals surface area contributed by atoms with Crippen molar-refractivity contribution in [2.45, 2.75) is 69.9 Å². The van der Waals surface area contributed by atoms with Crippen molar-refractivity contribution in [1.82, 2.24) is 5.32 Å². The van der Waals surface area contributed by atoms with Gasteiger partial charge in [0.2, 0.25) is 5.91 Å². The molecule has 0 heterocycles. The molecule has 1 aromatic carbocycles. The molecule has 0 aromatic heterocycles. The Hall–Kier alpha value is -2.40. The van der Waals surface area contributed by atoms with Crippen molar-refractivity contribution in [3.63, 3.8) is 0 Å². The van der Waals surface area contributed by atoms with Gasteiger partial charge >= 0.3 is 5.97 Å². The maximum Gasteiger partial charge on any atom is 0.303 e. The van der Waals surface area contributed by atoms with Gasteiger partial charge in [-0.25, -0.2) is 0 Å². The van der Waals surface area contributed by atoms with Crippen LogP contribution in [0.3, 0.4) is 0 Å². The minimum Gasteiger partial charge on any atom is -0.481 e. The van der Waals surface area contributed by atoms with E-state index in [0.717, 1.165) is 41.5 Å². The molecule has 30 heavy (non-hydrogen) atoms. The predicted molar refractivity (Wildman–Crippen MR) is 116 cm³/mol. The molecule has 4 bridgehead atoms. The second kappa shape index (κ2) is 7.38. The first-order valence-electron chi connectivity index (χ1n) is 10.8. The highest BCUT2D eigenvalue weighted by Gasteiger charge is 2.58. The van der Waals surface area contributed by atoms with Crippen molar-refractivity contribution in [3.8, 4) is 0 Å². The molecule has 0 saturated heterocycles. The zero-order chi connectivity index (χ0) is 21.7. The van der Waals surface area contributed by atoms with Gasteiger partial charge in [-0.1, -0.05) is 42.0 Å². The quantitative estimate of drug-likeness (QED) is 0.599. The predicted octanol–water partition coefficient (Wildman–Crippen LogP) is 3.74. The van der Waals surface area contributed by atoms with Gasteiger partial charge in [0.05, 0.1) is 17.1 Å². The minimum atomic E-state index is -0.807. The maximum absolute atomic E-state index is 13.3. The van der Waals surface area contributed by atoms with Crippen LogP contribution in [-0.2, 0) is 15.0 Å². The first-order chi connectivity index (χ1) is 14.1. The third-order valence-electron chi connectivity index (χ3n) is 7.14. The summed E-state index contributed by atoms with van der Waals surface area (Å²) in [5.74, 6) is 0.0144. The smallest absolute Gasteiger partial charge is 0.303 e. The minimum absolute atomic E-state index is 0.00351. The fourth-order valence-electron chi connectivity index (χ4n) is 5.39. The molecule has 3 saturated carbocycles. The summed E-state index contributed by atoms with van der Waals surface area (Å²) >= 11 is 0. The standard InChI is InChI=1S/C25H31NO4/c1-15-8-16(6-4-5-7-22(27)28)10-19(9-15)24(2,3)23(29)26-21-12-20-17-11-18(21)14-25(20,30)13-17/h4,6,8-10,12,17-18,21,30H,5,7,11,13-14H2,1-3H3,(H,26,29)(H,27,28)/b6-4+/t17?,18-,21-,25+/m0/s1. The highest BCUT2D eigenvalue weighted by molar-refractivity contribution is 5.88. The molecule has 0 spiro atoms. The highest BCUT2D eigenvalue weighted by atomic mass is 16.4. The second-order valence-electron chi connectivity index (χ2n) is 9.85. The van der Waals surface area contributed by atoms with Gasteiger partial charge in [-0.15, -0.1) is 0 Å². The molecule has 5 aliphatic carbocycles. The van der Waals surface area contributed by atoms with E-state index in [9.17, 15) is 14.7 Å². The van der Waals surface area contributed by atoms with Gasteiger partial charge in [0.25, 0.3) is 0 Å². The number of amides is 1. The van der Waals surface area contributed by atoms with Crippen LogP contribution in [-0.4, -0.2) is 33.7 Å². The van der Waals surface area contributed by atoms with Gasteiger partial charge < -0.3 is 15.5 Å². The molecular weight excluding hydrogens is 378 g/mol. The number of hydrogen-bond donors (Lipinski definition) is 3. The summed E-state index contributed by atoms with van der Waals surface area (Å²) < 4.78 is 0. The van der Waals surface area contributed by atoms with E-state index in [4.69, 9.17) is 5.11 Å². The number of carboxylic acid groups (broad SMARTS) is 1. The van der Waals surface area contributed by atoms with Crippen LogP contribution >= 0.6 is 0 Å². The number of fused-ring (bicyclic) bond motifs is 1. The van der Waals surface area contributed by atoms with Gasteiger partial charge in [0.15, 0.2) is 0 Å². The van der Waals surface area contributed by atoms with E-state index in [1.807, 2.05) is 51.1 Å². The molecule has 5 aliphatic rings. The van der Waals surface area contributed by atoms with Gasteiger partial charge in [0, 0.05) is 6.42 Å². The average Bonchev–Trinajstić information content (AvgIpc) is 2.66. The largest absolute Gasteiger partial charge is 0.481 e. The van der Waals surface area contributed by atoms with Crippen LogP contribution < -0.4 is 5.32 Å². The number of carboxylic acids is 1. The van der Waals surface area contributed by atoms with E-state index in [-0.39, 0.29) is 18.4 Å². The van der Waals surface area contributed by atoms with Gasteiger partial charge in [0.1, 0.15) is 0 Å². The molecule has 0 aliphatic heterocycles. The van der Waals surface area contributed by atoms with E-state index in [1.165, 1.54) is 0 Å². The molecule has 4 atom stereocenters. The molecule has 6 rings (SSSR count). The molecule has 3 N–H and O–H groups in total. The average molecular weight is 410 g/mol. The van der Waals surface area contributed by atoms with Gasteiger partial charge in [-0.2, -0.15) is 0 Å². The summed E-state index contributed by atoms with van der Waals surface area (Å²) in [6, 6.07) is 6.08. The first-order valence-corrected chi connectivity index (χ1v) is 10.8. The number of carbonyl (C=O) groups excluding carboxylic acids is 1. The van der Waals surface area contributed by atoms with E-state index >= 15 is 0 Å². The number of allylic oxidation sites excluding steroid dienone is 1. The van der Waals surface area contributed by atoms with Crippen LogP contribution in [0.2, 0.25) is 0 Å². The van der Waals surface area contributed by atoms with Crippen LogP contribution in [0.1, 0.15) is 62.6 Å². The highest BCUT2D eigenvalue weighted by Crippen LogP contribution is 2.59. The Balaban J connectivity index is 1.48. The van der Waals surface area contributed by atoms with Crippen molar-refractivity contribution in [3.05, 3.63) is 52.6 Å². The molecule has 1 unspecified atom stereocenters. The van der Waals surface area contributed by atoms with Gasteiger partial charge in [-0.05, 0) is 75.0 Å². The van der Waals surface area contributed by atoms with Crippen LogP contribution in [0.15, 0.2) is 35.9 Å². The molecule has 5 nitrogen and oxygen atoms in total. The summed E-state index contributed by atoms with van der Waals surface area (Å²) in [5.41, 5.74) is 2.81. The second-order valence-corrected chi connectivity index (χ2v) is 9.85. The molecule has 1 amide bonds. The normalized spacial score (nSPS) is 29.5. The zero-order valence-corrected chi connectivity index (χ0v) is 17.9. The van der Waals surface area contributed by atoms with Gasteiger partial charge in [-0.3, -0.25) is 9.59 Å². The van der Waals surface area contributed by atoms with Crippen molar-refractivity contribution in [2.75, 3.05) is 0 Å².